The first-order valence-corrected chi connectivity index (χ1v) is 9.03. The number of benzene rings is 1. The molecule has 1 amide bonds. The van der Waals surface area contributed by atoms with E-state index in [-0.39, 0.29) is 5.91 Å². The lowest BCUT2D eigenvalue weighted by atomic mass is 10.1. The highest BCUT2D eigenvalue weighted by Gasteiger charge is 2.16. The predicted octanol–water partition coefficient (Wildman–Crippen LogP) is 3.61. The molecule has 24 heavy (non-hydrogen) atoms. The maximum Gasteiger partial charge on any atom is 0.221 e. The van der Waals surface area contributed by atoms with Crippen molar-refractivity contribution in [3.05, 3.63) is 34.6 Å². The van der Waals surface area contributed by atoms with Gasteiger partial charge in [0.25, 0.3) is 0 Å². The van der Waals surface area contributed by atoms with E-state index in [2.05, 4.69) is 21.6 Å². The molecule has 0 spiro atoms. The fourth-order valence-electron chi connectivity index (χ4n) is 3.30. The van der Waals surface area contributed by atoms with E-state index < -0.39 is 0 Å². The molecule has 1 aliphatic carbocycles. The van der Waals surface area contributed by atoms with Gasteiger partial charge in [-0.25, -0.2) is 0 Å². The Morgan fingerprint density at radius 3 is 2.96 bits per heavy atom. The summed E-state index contributed by atoms with van der Waals surface area (Å²) in [4.78, 5) is 12.1. The molecule has 2 N–H and O–H groups in total. The monoisotopic (exact) mass is 344 g/mol. The van der Waals surface area contributed by atoms with Crippen LogP contribution in [-0.2, 0) is 11.3 Å². The van der Waals surface area contributed by atoms with E-state index in [1.165, 1.54) is 31.2 Å². The van der Waals surface area contributed by atoms with Crippen LogP contribution in [0.3, 0.4) is 0 Å². The average molecular weight is 344 g/mol. The van der Waals surface area contributed by atoms with E-state index >= 15 is 0 Å². The Bertz CT molecular complexity index is 758. The van der Waals surface area contributed by atoms with Gasteiger partial charge in [-0.3, -0.25) is 14.5 Å². The SMILES string of the molecule is Cc1cccc(-c2n[nH]c(=S)n2CCC(=O)NCC2CCCC2)c1. The van der Waals surface area contributed by atoms with Crippen LogP contribution in [0.4, 0.5) is 0 Å². The number of rotatable bonds is 6. The number of aromatic nitrogens is 3. The smallest absolute Gasteiger partial charge is 0.221 e. The molecule has 1 aromatic carbocycles. The fourth-order valence-corrected chi connectivity index (χ4v) is 3.53. The molecule has 5 nitrogen and oxygen atoms in total. The Labute approximate surface area is 147 Å². The van der Waals surface area contributed by atoms with Gasteiger partial charge in [-0.15, -0.1) is 0 Å². The Hall–Kier alpha value is -1.95. The molecular formula is C18H24N4OS. The summed E-state index contributed by atoms with van der Waals surface area (Å²) >= 11 is 5.32. The van der Waals surface area contributed by atoms with Gasteiger partial charge in [0.05, 0.1) is 0 Å². The molecule has 1 aromatic heterocycles. The topological polar surface area (TPSA) is 62.7 Å². The third-order valence-corrected chi connectivity index (χ3v) is 4.97. The van der Waals surface area contributed by atoms with Gasteiger partial charge in [0.1, 0.15) is 0 Å². The van der Waals surface area contributed by atoms with Crippen LogP contribution in [0.15, 0.2) is 24.3 Å². The van der Waals surface area contributed by atoms with Crippen molar-refractivity contribution < 1.29 is 4.79 Å². The molecule has 0 saturated heterocycles. The number of aromatic amines is 1. The molecule has 2 aromatic rings. The standard InChI is InChI=1S/C18H24N4OS/c1-13-5-4-8-15(11-13)17-20-21-18(24)22(17)10-9-16(23)19-12-14-6-2-3-7-14/h4-5,8,11,14H,2-3,6-7,9-10,12H2,1H3,(H,19,23)(H,21,24). The maximum atomic E-state index is 12.1. The van der Waals surface area contributed by atoms with Crippen molar-refractivity contribution >= 4 is 18.1 Å². The van der Waals surface area contributed by atoms with Gasteiger partial charge in [0.15, 0.2) is 10.6 Å². The average Bonchev–Trinajstić information content (AvgIpc) is 3.21. The second-order valence-electron chi connectivity index (χ2n) is 6.58. The molecule has 128 valence electrons. The van der Waals surface area contributed by atoms with Crippen LogP contribution in [0, 0.1) is 17.6 Å². The van der Waals surface area contributed by atoms with Gasteiger partial charge < -0.3 is 5.32 Å². The number of amides is 1. The third-order valence-electron chi connectivity index (χ3n) is 4.66. The van der Waals surface area contributed by atoms with Crippen LogP contribution in [0.25, 0.3) is 11.4 Å². The summed E-state index contributed by atoms with van der Waals surface area (Å²) in [7, 11) is 0. The maximum absolute atomic E-state index is 12.1. The number of carbonyl (C=O) groups excluding carboxylic acids is 1. The predicted molar refractivity (Wildman–Crippen MR) is 97.2 cm³/mol. The van der Waals surface area contributed by atoms with Gasteiger partial charge in [-0.05, 0) is 44.0 Å². The van der Waals surface area contributed by atoms with Crippen molar-refractivity contribution in [2.75, 3.05) is 6.54 Å². The van der Waals surface area contributed by atoms with Gasteiger partial charge in [-0.2, -0.15) is 5.10 Å². The Morgan fingerprint density at radius 1 is 1.42 bits per heavy atom. The summed E-state index contributed by atoms with van der Waals surface area (Å²) in [5.41, 5.74) is 2.18. The third kappa shape index (κ3) is 4.12. The first kappa shape index (κ1) is 16.9. The zero-order valence-corrected chi connectivity index (χ0v) is 14.9. The minimum atomic E-state index is 0.0835. The van der Waals surface area contributed by atoms with Crippen molar-refractivity contribution in [1.29, 1.82) is 0 Å². The van der Waals surface area contributed by atoms with Gasteiger partial charge in [-0.1, -0.05) is 36.6 Å². The van der Waals surface area contributed by atoms with E-state index in [4.69, 9.17) is 12.2 Å². The number of nitrogens with zero attached hydrogens (tertiary/aromatic N) is 2. The minimum absolute atomic E-state index is 0.0835. The summed E-state index contributed by atoms with van der Waals surface area (Å²) in [5, 5.41) is 10.2. The molecule has 0 unspecified atom stereocenters. The molecule has 1 heterocycles. The van der Waals surface area contributed by atoms with Crippen molar-refractivity contribution in [3.63, 3.8) is 0 Å². The second-order valence-corrected chi connectivity index (χ2v) is 6.96. The van der Waals surface area contributed by atoms with Crippen molar-refractivity contribution in [2.24, 2.45) is 5.92 Å². The Kier molecular flexibility index (Phi) is 5.45. The largest absolute Gasteiger partial charge is 0.356 e. The molecular weight excluding hydrogens is 320 g/mol. The summed E-state index contributed by atoms with van der Waals surface area (Å²) < 4.78 is 2.45. The van der Waals surface area contributed by atoms with Crippen LogP contribution in [0.5, 0.6) is 0 Å². The molecule has 1 saturated carbocycles. The van der Waals surface area contributed by atoms with Crippen molar-refractivity contribution in [1.82, 2.24) is 20.1 Å². The first-order valence-electron chi connectivity index (χ1n) is 8.62. The Morgan fingerprint density at radius 2 is 2.21 bits per heavy atom. The fraction of sp³-hybridized carbons (Fsp3) is 0.500. The lowest BCUT2D eigenvalue weighted by molar-refractivity contribution is -0.121. The van der Waals surface area contributed by atoms with E-state index in [1.807, 2.05) is 29.7 Å². The van der Waals surface area contributed by atoms with Gasteiger partial charge in [0, 0.05) is 25.1 Å². The second kappa shape index (κ2) is 7.75. The molecule has 0 radical (unpaired) electrons. The lowest BCUT2D eigenvalue weighted by Gasteiger charge is -2.11. The number of nitrogens with one attached hydrogen (secondary N) is 2. The molecule has 6 heteroatoms. The van der Waals surface area contributed by atoms with Crippen LogP contribution in [0.1, 0.15) is 37.7 Å². The summed E-state index contributed by atoms with van der Waals surface area (Å²) in [5.74, 6) is 1.53. The molecule has 1 fully saturated rings. The normalized spacial score (nSPS) is 14.9. The highest BCUT2D eigenvalue weighted by atomic mass is 32.1. The molecule has 3 rings (SSSR count). The zero-order valence-electron chi connectivity index (χ0n) is 14.0. The number of carbonyl (C=O) groups is 1. The summed E-state index contributed by atoms with van der Waals surface area (Å²) in [6.45, 7) is 3.39. The molecule has 0 aliphatic heterocycles. The molecule has 0 bridgehead atoms. The van der Waals surface area contributed by atoms with Crippen LogP contribution < -0.4 is 5.32 Å². The first-order chi connectivity index (χ1) is 11.6. The van der Waals surface area contributed by atoms with Gasteiger partial charge >= 0.3 is 0 Å². The van der Waals surface area contributed by atoms with Crippen LogP contribution >= 0.6 is 12.2 Å². The lowest BCUT2D eigenvalue weighted by Crippen LogP contribution is -2.29. The van der Waals surface area contributed by atoms with Crippen LogP contribution in [-0.4, -0.2) is 27.2 Å². The van der Waals surface area contributed by atoms with E-state index in [0.29, 0.717) is 23.7 Å². The zero-order chi connectivity index (χ0) is 16.9. The minimum Gasteiger partial charge on any atom is -0.356 e. The number of hydrogen-bond acceptors (Lipinski definition) is 3. The van der Waals surface area contributed by atoms with E-state index in [9.17, 15) is 4.79 Å². The number of H-pyrrole nitrogens is 1. The molecule has 1 aliphatic rings. The quantitative estimate of drug-likeness (QED) is 0.787. The van der Waals surface area contributed by atoms with Crippen molar-refractivity contribution in [3.8, 4) is 11.4 Å². The van der Waals surface area contributed by atoms with E-state index in [1.54, 1.807) is 0 Å². The van der Waals surface area contributed by atoms with Crippen LogP contribution in [0.2, 0.25) is 0 Å². The highest BCUT2D eigenvalue weighted by Crippen LogP contribution is 2.23. The number of aryl methyl sites for hydroxylation is 1. The van der Waals surface area contributed by atoms with E-state index in [0.717, 1.165) is 17.9 Å². The Balaban J connectivity index is 1.62. The number of hydrogen-bond donors (Lipinski definition) is 2. The highest BCUT2D eigenvalue weighted by molar-refractivity contribution is 7.71. The van der Waals surface area contributed by atoms with Crippen molar-refractivity contribution in [2.45, 2.75) is 45.6 Å². The molecule has 0 atom stereocenters. The summed E-state index contributed by atoms with van der Waals surface area (Å²) in [6, 6.07) is 8.13. The summed E-state index contributed by atoms with van der Waals surface area (Å²) in [6.07, 6.45) is 5.49. The van der Waals surface area contributed by atoms with Gasteiger partial charge in [0.2, 0.25) is 5.91 Å².